The van der Waals surface area contributed by atoms with Crippen LogP contribution in [0.15, 0.2) is 0 Å². The molecule has 1 N–H and O–H groups in total. The number of hydrogen-bond acceptors (Lipinski definition) is 3. The smallest absolute Gasteiger partial charge is 0.220 e. The lowest BCUT2D eigenvalue weighted by Crippen LogP contribution is -2.27. The van der Waals surface area contributed by atoms with E-state index < -0.39 is 0 Å². The molecule has 1 rings (SSSR count). The summed E-state index contributed by atoms with van der Waals surface area (Å²) in [6.07, 6.45) is 4.62. The molecule has 0 aliphatic heterocycles. The highest BCUT2D eigenvalue weighted by Crippen LogP contribution is 2.31. The predicted octanol–water partition coefficient (Wildman–Crippen LogP) is 1.23. The van der Waals surface area contributed by atoms with Crippen LogP contribution in [0.2, 0.25) is 0 Å². The van der Waals surface area contributed by atoms with Gasteiger partial charge in [-0.2, -0.15) is 0 Å². The molecule has 1 aliphatic carbocycles. The second-order valence-electron chi connectivity index (χ2n) is 4.43. The molecule has 0 saturated heterocycles. The predicted molar refractivity (Wildman–Crippen MR) is 59.9 cm³/mol. The first kappa shape index (κ1) is 12.9. The van der Waals surface area contributed by atoms with Crippen LogP contribution in [-0.4, -0.2) is 24.0 Å². The zero-order chi connectivity index (χ0) is 12.0. The molecule has 0 radical (unpaired) electrons. The zero-order valence-electron chi connectivity index (χ0n) is 9.75. The van der Waals surface area contributed by atoms with Gasteiger partial charge in [0.15, 0.2) is 0 Å². The van der Waals surface area contributed by atoms with E-state index in [1.165, 1.54) is 6.92 Å². The van der Waals surface area contributed by atoms with E-state index in [2.05, 4.69) is 5.32 Å². The fraction of sp³-hybridized carbons (Fsp3) is 0.750. The highest BCUT2D eigenvalue weighted by molar-refractivity contribution is 5.84. The van der Waals surface area contributed by atoms with Crippen LogP contribution in [0.4, 0.5) is 0 Å². The van der Waals surface area contributed by atoms with Crippen molar-refractivity contribution >= 4 is 17.5 Å². The third kappa shape index (κ3) is 5.63. The average Bonchev–Trinajstić information content (AvgIpc) is 3.04. The van der Waals surface area contributed by atoms with Gasteiger partial charge in [0, 0.05) is 18.8 Å². The zero-order valence-corrected chi connectivity index (χ0v) is 9.75. The van der Waals surface area contributed by atoms with Gasteiger partial charge >= 0.3 is 0 Å². The monoisotopic (exact) mass is 225 g/mol. The van der Waals surface area contributed by atoms with Gasteiger partial charge in [-0.25, -0.2) is 0 Å². The first-order valence-corrected chi connectivity index (χ1v) is 5.88. The van der Waals surface area contributed by atoms with Crippen molar-refractivity contribution in [2.24, 2.45) is 5.92 Å². The molecule has 0 unspecified atom stereocenters. The number of Topliss-reactive ketones (excluding diaryl/α,β-unsaturated/α-hetero) is 2. The molecule has 0 aromatic carbocycles. The Kier molecular flexibility index (Phi) is 5.15. The molecular weight excluding hydrogens is 206 g/mol. The highest BCUT2D eigenvalue weighted by atomic mass is 16.2. The normalized spacial score (nSPS) is 14.6. The van der Waals surface area contributed by atoms with Crippen molar-refractivity contribution in [2.75, 3.05) is 6.54 Å². The van der Waals surface area contributed by atoms with Crippen molar-refractivity contribution < 1.29 is 14.4 Å². The molecule has 0 heterocycles. The summed E-state index contributed by atoms with van der Waals surface area (Å²) in [6, 6.07) is 0. The summed E-state index contributed by atoms with van der Waals surface area (Å²) >= 11 is 0. The lowest BCUT2D eigenvalue weighted by atomic mass is 10.1. The minimum Gasteiger partial charge on any atom is -0.349 e. The van der Waals surface area contributed by atoms with E-state index in [1.807, 2.05) is 0 Å². The molecule has 0 aromatic rings. The minimum absolute atomic E-state index is 0.0442. The van der Waals surface area contributed by atoms with Gasteiger partial charge in [0.05, 0.1) is 6.54 Å². The molecule has 0 spiro atoms. The molecule has 1 fully saturated rings. The van der Waals surface area contributed by atoms with Gasteiger partial charge in [-0.05, 0) is 32.6 Å². The summed E-state index contributed by atoms with van der Waals surface area (Å²) in [5.74, 6) is 0.530. The van der Waals surface area contributed by atoms with Crippen molar-refractivity contribution in [3.8, 4) is 0 Å². The second kappa shape index (κ2) is 6.40. The number of rotatable bonds is 8. The maximum absolute atomic E-state index is 11.3. The molecule has 0 aromatic heterocycles. The minimum atomic E-state index is -0.103. The van der Waals surface area contributed by atoms with Crippen molar-refractivity contribution in [2.45, 2.75) is 45.4 Å². The van der Waals surface area contributed by atoms with Gasteiger partial charge in [-0.1, -0.05) is 0 Å². The van der Waals surface area contributed by atoms with Crippen LogP contribution < -0.4 is 5.32 Å². The molecule has 0 atom stereocenters. The van der Waals surface area contributed by atoms with Crippen molar-refractivity contribution in [1.29, 1.82) is 0 Å². The van der Waals surface area contributed by atoms with Crippen LogP contribution in [0.1, 0.15) is 45.4 Å². The Morgan fingerprint density at radius 3 is 2.31 bits per heavy atom. The SMILES string of the molecule is CC(=O)CNC(=O)CCCCC(=O)C1CC1. The number of nitrogens with one attached hydrogen (secondary N) is 1. The Balaban J connectivity index is 1.95. The first-order valence-electron chi connectivity index (χ1n) is 5.88. The number of carbonyl (C=O) groups excluding carboxylic acids is 3. The molecule has 1 amide bonds. The summed E-state index contributed by atoms with van der Waals surface area (Å²) in [5, 5.41) is 2.53. The topological polar surface area (TPSA) is 63.2 Å². The Morgan fingerprint density at radius 1 is 1.12 bits per heavy atom. The second-order valence-corrected chi connectivity index (χ2v) is 4.43. The van der Waals surface area contributed by atoms with E-state index in [0.717, 1.165) is 25.7 Å². The van der Waals surface area contributed by atoms with Crippen molar-refractivity contribution in [3.05, 3.63) is 0 Å². The molecule has 90 valence electrons. The van der Waals surface area contributed by atoms with Crippen LogP contribution in [0.25, 0.3) is 0 Å². The van der Waals surface area contributed by atoms with E-state index in [1.54, 1.807) is 0 Å². The van der Waals surface area contributed by atoms with E-state index >= 15 is 0 Å². The van der Waals surface area contributed by atoms with Crippen molar-refractivity contribution in [1.82, 2.24) is 5.32 Å². The summed E-state index contributed by atoms with van der Waals surface area (Å²) in [5.41, 5.74) is 0. The Morgan fingerprint density at radius 2 is 1.75 bits per heavy atom. The van der Waals surface area contributed by atoms with Crippen molar-refractivity contribution in [3.63, 3.8) is 0 Å². The van der Waals surface area contributed by atoms with E-state index in [9.17, 15) is 14.4 Å². The Hall–Kier alpha value is -1.19. The molecular formula is C12H19NO3. The molecule has 1 aliphatic rings. The molecule has 4 nitrogen and oxygen atoms in total. The van der Waals surface area contributed by atoms with E-state index in [4.69, 9.17) is 0 Å². The van der Waals surface area contributed by atoms with Gasteiger partial charge in [0.2, 0.25) is 5.91 Å². The first-order chi connectivity index (χ1) is 7.59. The fourth-order valence-corrected chi connectivity index (χ4v) is 1.51. The molecule has 16 heavy (non-hydrogen) atoms. The summed E-state index contributed by atoms with van der Waals surface area (Å²) in [6.45, 7) is 1.55. The maximum atomic E-state index is 11.3. The van der Waals surface area contributed by atoms with E-state index in [0.29, 0.717) is 24.5 Å². The highest BCUT2D eigenvalue weighted by Gasteiger charge is 2.28. The van der Waals surface area contributed by atoms with Gasteiger partial charge in [-0.3, -0.25) is 14.4 Å². The summed E-state index contributed by atoms with van der Waals surface area (Å²) in [4.78, 5) is 33.1. The number of unbranched alkanes of at least 4 members (excludes halogenated alkanes) is 1. The van der Waals surface area contributed by atoms with Crippen LogP contribution in [-0.2, 0) is 14.4 Å². The van der Waals surface area contributed by atoms with Crippen LogP contribution >= 0.6 is 0 Å². The fourth-order valence-electron chi connectivity index (χ4n) is 1.51. The standard InChI is InChI=1S/C12H19NO3/c1-9(14)8-13-12(16)5-3-2-4-11(15)10-6-7-10/h10H,2-8H2,1H3,(H,13,16). The van der Waals surface area contributed by atoms with Gasteiger partial charge in [0.1, 0.15) is 11.6 Å². The molecule has 0 bridgehead atoms. The van der Waals surface area contributed by atoms with Crippen LogP contribution in [0.3, 0.4) is 0 Å². The summed E-state index contributed by atoms with van der Waals surface area (Å²) in [7, 11) is 0. The van der Waals surface area contributed by atoms with Gasteiger partial charge in [0.25, 0.3) is 0 Å². The lowest BCUT2D eigenvalue weighted by Gasteiger charge is -2.02. The van der Waals surface area contributed by atoms with Crippen LogP contribution in [0, 0.1) is 5.92 Å². The number of ketones is 2. The summed E-state index contributed by atoms with van der Waals surface area (Å²) < 4.78 is 0. The number of carbonyl (C=O) groups is 3. The largest absolute Gasteiger partial charge is 0.349 e. The van der Waals surface area contributed by atoms with Crippen LogP contribution in [0.5, 0.6) is 0 Å². The van der Waals surface area contributed by atoms with E-state index in [-0.39, 0.29) is 18.2 Å². The Labute approximate surface area is 95.8 Å². The number of amides is 1. The third-order valence-electron chi connectivity index (χ3n) is 2.64. The molecule has 4 heteroatoms. The average molecular weight is 225 g/mol. The quantitative estimate of drug-likeness (QED) is 0.632. The van der Waals surface area contributed by atoms with Gasteiger partial charge in [-0.15, -0.1) is 0 Å². The molecule has 1 saturated carbocycles. The lowest BCUT2D eigenvalue weighted by molar-refractivity contribution is -0.124. The van der Waals surface area contributed by atoms with Gasteiger partial charge < -0.3 is 5.32 Å². The third-order valence-corrected chi connectivity index (χ3v) is 2.64. The Bertz CT molecular complexity index is 282. The maximum Gasteiger partial charge on any atom is 0.220 e. The number of hydrogen-bond donors (Lipinski definition) is 1.